The molecule has 1 amide bonds. The lowest BCUT2D eigenvalue weighted by atomic mass is 9.97. The van der Waals surface area contributed by atoms with Gasteiger partial charge < -0.3 is 10.2 Å². The van der Waals surface area contributed by atoms with Gasteiger partial charge in [0.05, 0.1) is 11.6 Å². The fourth-order valence-corrected chi connectivity index (χ4v) is 3.89. The van der Waals surface area contributed by atoms with Crippen molar-refractivity contribution in [3.05, 3.63) is 59.4 Å². The van der Waals surface area contributed by atoms with Gasteiger partial charge in [0.2, 0.25) is 5.91 Å². The lowest BCUT2D eigenvalue weighted by Crippen LogP contribution is -2.41. The average Bonchev–Trinajstić information content (AvgIpc) is 3.12. The molecular formula is C23H26N6O2. The van der Waals surface area contributed by atoms with Crippen LogP contribution in [0.3, 0.4) is 0 Å². The van der Waals surface area contributed by atoms with E-state index in [-0.39, 0.29) is 17.6 Å². The normalized spacial score (nSPS) is 16.2. The number of rotatable bonds is 5. The number of carbonyl (C=O) groups excluding carboxylic acids is 2. The molecule has 0 radical (unpaired) electrons. The second-order valence-electron chi connectivity index (χ2n) is 8.00. The molecule has 3 aromatic rings. The van der Waals surface area contributed by atoms with E-state index < -0.39 is 0 Å². The molecule has 160 valence electrons. The van der Waals surface area contributed by atoms with E-state index in [0.29, 0.717) is 23.6 Å². The summed E-state index contributed by atoms with van der Waals surface area (Å²) in [6.45, 7) is 6.88. The number of hydrogen-bond donors (Lipinski definition) is 1. The standard InChI is InChI=1S/C23H26N6O2/c1-15-13-16(2)29(27-15)22-11-10-21(25-26-22)28-12-4-5-19(14-28)23(31)24-20-8-6-18(7-9-20)17(3)30/h6-11,13,19H,4-5,12,14H2,1-3H3,(H,24,31). The number of ketones is 1. The number of anilines is 2. The zero-order valence-corrected chi connectivity index (χ0v) is 18.0. The Balaban J connectivity index is 1.41. The van der Waals surface area contributed by atoms with E-state index >= 15 is 0 Å². The highest BCUT2D eigenvalue weighted by Crippen LogP contribution is 2.23. The number of benzene rings is 1. The van der Waals surface area contributed by atoms with Crippen LogP contribution in [0, 0.1) is 19.8 Å². The van der Waals surface area contributed by atoms with Gasteiger partial charge in [-0.2, -0.15) is 5.10 Å². The minimum Gasteiger partial charge on any atom is -0.354 e. The largest absolute Gasteiger partial charge is 0.354 e. The number of hydrogen-bond acceptors (Lipinski definition) is 6. The van der Waals surface area contributed by atoms with Gasteiger partial charge >= 0.3 is 0 Å². The molecule has 0 aliphatic carbocycles. The molecule has 1 fully saturated rings. The molecule has 8 heteroatoms. The van der Waals surface area contributed by atoms with Gasteiger partial charge in [0, 0.05) is 30.0 Å². The molecule has 1 aliphatic rings. The van der Waals surface area contributed by atoms with Crippen LogP contribution in [0.2, 0.25) is 0 Å². The summed E-state index contributed by atoms with van der Waals surface area (Å²) in [4.78, 5) is 26.3. The highest BCUT2D eigenvalue weighted by atomic mass is 16.2. The molecule has 1 aliphatic heterocycles. The van der Waals surface area contributed by atoms with Gasteiger partial charge in [-0.1, -0.05) is 0 Å². The number of carbonyl (C=O) groups is 2. The molecule has 2 aromatic heterocycles. The minimum absolute atomic E-state index is 0.00535. The second-order valence-corrected chi connectivity index (χ2v) is 8.00. The number of aromatic nitrogens is 4. The maximum atomic E-state index is 12.8. The smallest absolute Gasteiger partial charge is 0.229 e. The SMILES string of the molecule is CC(=O)c1ccc(NC(=O)C2CCCN(c3ccc(-n4nc(C)cc4C)nn3)C2)cc1. The van der Waals surface area contributed by atoms with E-state index in [1.54, 1.807) is 28.9 Å². The van der Waals surface area contributed by atoms with Crippen LogP contribution in [-0.4, -0.2) is 44.8 Å². The molecule has 1 aromatic carbocycles. The van der Waals surface area contributed by atoms with Gasteiger partial charge in [-0.25, -0.2) is 4.68 Å². The summed E-state index contributed by atoms with van der Waals surface area (Å²) in [6, 6.07) is 12.8. The third-order valence-electron chi connectivity index (χ3n) is 5.54. The molecule has 0 bridgehead atoms. The molecule has 4 rings (SSSR count). The summed E-state index contributed by atoms with van der Waals surface area (Å²) >= 11 is 0. The van der Waals surface area contributed by atoms with E-state index in [1.165, 1.54) is 6.92 Å². The predicted molar refractivity (Wildman–Crippen MR) is 119 cm³/mol. The van der Waals surface area contributed by atoms with Crippen molar-refractivity contribution in [2.75, 3.05) is 23.3 Å². The fourth-order valence-electron chi connectivity index (χ4n) is 3.89. The summed E-state index contributed by atoms with van der Waals surface area (Å²) in [5, 5.41) is 16.1. The van der Waals surface area contributed by atoms with Crippen molar-refractivity contribution >= 4 is 23.2 Å². The van der Waals surface area contributed by atoms with Gasteiger partial charge in [0.1, 0.15) is 0 Å². The van der Waals surface area contributed by atoms with Crippen molar-refractivity contribution in [1.82, 2.24) is 20.0 Å². The fraction of sp³-hybridized carbons (Fsp3) is 0.348. The Morgan fingerprint density at radius 2 is 1.74 bits per heavy atom. The lowest BCUT2D eigenvalue weighted by Gasteiger charge is -2.32. The first-order chi connectivity index (χ1) is 14.9. The first-order valence-corrected chi connectivity index (χ1v) is 10.4. The van der Waals surface area contributed by atoms with Crippen molar-refractivity contribution < 1.29 is 9.59 Å². The van der Waals surface area contributed by atoms with Crippen molar-refractivity contribution in [1.29, 1.82) is 0 Å². The number of aryl methyl sites for hydroxylation is 2. The average molecular weight is 419 g/mol. The Kier molecular flexibility index (Phi) is 5.79. The van der Waals surface area contributed by atoms with Crippen LogP contribution in [0.25, 0.3) is 5.82 Å². The van der Waals surface area contributed by atoms with Crippen LogP contribution >= 0.6 is 0 Å². The second kappa shape index (κ2) is 8.67. The first kappa shape index (κ1) is 20.7. The van der Waals surface area contributed by atoms with Crippen LogP contribution in [0.5, 0.6) is 0 Å². The molecule has 8 nitrogen and oxygen atoms in total. The molecule has 1 atom stereocenters. The number of amides is 1. The van der Waals surface area contributed by atoms with Gasteiger partial charge in [-0.3, -0.25) is 9.59 Å². The number of Topliss-reactive ketones (excluding diaryl/α,β-unsaturated/α-hetero) is 1. The van der Waals surface area contributed by atoms with Crippen molar-refractivity contribution in [2.24, 2.45) is 5.92 Å². The Bertz CT molecular complexity index is 1090. The Morgan fingerprint density at radius 1 is 1.03 bits per heavy atom. The van der Waals surface area contributed by atoms with Gasteiger partial charge in [-0.15, -0.1) is 10.2 Å². The summed E-state index contributed by atoms with van der Waals surface area (Å²) in [5.41, 5.74) is 3.26. The van der Waals surface area contributed by atoms with E-state index in [9.17, 15) is 9.59 Å². The summed E-state index contributed by atoms with van der Waals surface area (Å²) in [5.74, 6) is 1.28. The lowest BCUT2D eigenvalue weighted by molar-refractivity contribution is -0.120. The molecule has 1 N–H and O–H groups in total. The van der Waals surface area contributed by atoms with Gasteiger partial charge in [0.15, 0.2) is 17.4 Å². The highest BCUT2D eigenvalue weighted by molar-refractivity contribution is 5.96. The first-order valence-electron chi connectivity index (χ1n) is 10.4. The van der Waals surface area contributed by atoms with Crippen molar-refractivity contribution in [3.63, 3.8) is 0 Å². The molecule has 0 spiro atoms. The number of nitrogens with zero attached hydrogens (tertiary/aromatic N) is 5. The van der Waals surface area contributed by atoms with Gasteiger partial charge in [-0.05, 0) is 76.1 Å². The van der Waals surface area contributed by atoms with Gasteiger partial charge in [0.25, 0.3) is 0 Å². The van der Waals surface area contributed by atoms with E-state index in [4.69, 9.17) is 0 Å². The zero-order chi connectivity index (χ0) is 22.0. The molecular weight excluding hydrogens is 392 g/mol. The van der Waals surface area contributed by atoms with Crippen LogP contribution in [0.4, 0.5) is 11.5 Å². The molecule has 1 unspecified atom stereocenters. The van der Waals surface area contributed by atoms with Crippen LogP contribution < -0.4 is 10.2 Å². The van der Waals surface area contributed by atoms with Crippen molar-refractivity contribution in [3.8, 4) is 5.82 Å². The minimum atomic E-state index is -0.140. The summed E-state index contributed by atoms with van der Waals surface area (Å²) in [6.07, 6.45) is 1.73. The third-order valence-corrected chi connectivity index (χ3v) is 5.54. The Hall–Kier alpha value is -3.55. The van der Waals surface area contributed by atoms with E-state index in [2.05, 4.69) is 25.5 Å². The Labute approximate surface area is 181 Å². The molecule has 3 heterocycles. The maximum Gasteiger partial charge on any atom is 0.229 e. The topological polar surface area (TPSA) is 93.0 Å². The van der Waals surface area contributed by atoms with Crippen LogP contribution in [0.15, 0.2) is 42.5 Å². The molecule has 0 saturated carbocycles. The van der Waals surface area contributed by atoms with Crippen LogP contribution in [0.1, 0.15) is 41.5 Å². The summed E-state index contributed by atoms with van der Waals surface area (Å²) in [7, 11) is 0. The maximum absolute atomic E-state index is 12.8. The molecule has 31 heavy (non-hydrogen) atoms. The highest BCUT2D eigenvalue weighted by Gasteiger charge is 2.27. The zero-order valence-electron chi connectivity index (χ0n) is 18.0. The monoisotopic (exact) mass is 418 g/mol. The van der Waals surface area contributed by atoms with E-state index in [0.717, 1.165) is 36.6 Å². The number of piperidine rings is 1. The molecule has 1 saturated heterocycles. The van der Waals surface area contributed by atoms with Crippen LogP contribution in [-0.2, 0) is 4.79 Å². The van der Waals surface area contributed by atoms with E-state index in [1.807, 2.05) is 32.0 Å². The van der Waals surface area contributed by atoms with Crippen molar-refractivity contribution in [2.45, 2.75) is 33.6 Å². The Morgan fingerprint density at radius 3 is 2.35 bits per heavy atom. The quantitative estimate of drug-likeness (QED) is 0.639. The summed E-state index contributed by atoms with van der Waals surface area (Å²) < 4.78 is 1.77. The number of nitrogens with one attached hydrogen (secondary N) is 1. The predicted octanol–water partition coefficient (Wildman–Crippen LogP) is 3.34. The third kappa shape index (κ3) is 4.63.